The molecular weight excluding hydrogens is 274 g/mol. The largest absolute Gasteiger partial charge is 0.384 e. The topological polar surface area (TPSA) is 85.1 Å². The molecule has 1 amide bonds. The summed E-state index contributed by atoms with van der Waals surface area (Å²) >= 11 is 0. The van der Waals surface area contributed by atoms with E-state index in [2.05, 4.69) is 17.2 Å². The van der Waals surface area contributed by atoms with E-state index in [-0.39, 0.29) is 11.9 Å². The number of hydrogen-bond donors (Lipinski definition) is 2. The van der Waals surface area contributed by atoms with Crippen LogP contribution in [0, 0.1) is 0 Å². The average Bonchev–Trinajstić information content (AvgIpc) is 2.36. The SMILES string of the molecule is CCCc1cc(C(=O)NC(C)CCS(C)=O)cc(N)n1. The summed E-state index contributed by atoms with van der Waals surface area (Å²) in [6.45, 7) is 3.96. The highest BCUT2D eigenvalue weighted by Gasteiger charge is 2.12. The first-order valence-electron chi connectivity index (χ1n) is 6.79. The van der Waals surface area contributed by atoms with Gasteiger partial charge in [0.25, 0.3) is 5.91 Å². The summed E-state index contributed by atoms with van der Waals surface area (Å²) in [7, 11) is -0.837. The Balaban J connectivity index is 2.69. The van der Waals surface area contributed by atoms with Crippen molar-refractivity contribution in [3.8, 4) is 0 Å². The van der Waals surface area contributed by atoms with E-state index in [0.717, 1.165) is 18.5 Å². The second-order valence-electron chi connectivity index (χ2n) is 4.96. The maximum atomic E-state index is 12.1. The van der Waals surface area contributed by atoms with E-state index in [1.807, 2.05) is 6.92 Å². The van der Waals surface area contributed by atoms with Gasteiger partial charge in [-0.15, -0.1) is 0 Å². The van der Waals surface area contributed by atoms with Crippen LogP contribution < -0.4 is 11.1 Å². The van der Waals surface area contributed by atoms with Crippen molar-refractivity contribution in [1.82, 2.24) is 10.3 Å². The average molecular weight is 297 g/mol. The number of aromatic nitrogens is 1. The van der Waals surface area contributed by atoms with Crippen LogP contribution in [0.2, 0.25) is 0 Å². The molecule has 2 atom stereocenters. The maximum Gasteiger partial charge on any atom is 0.251 e. The van der Waals surface area contributed by atoms with Gasteiger partial charge in [-0.05, 0) is 31.9 Å². The number of pyridine rings is 1. The number of nitrogen functional groups attached to an aromatic ring is 1. The van der Waals surface area contributed by atoms with Crippen LogP contribution in [-0.2, 0) is 17.2 Å². The third-order valence-corrected chi connectivity index (χ3v) is 3.69. The molecular formula is C14H23N3O2S. The van der Waals surface area contributed by atoms with Gasteiger partial charge in [0, 0.05) is 40.1 Å². The molecule has 0 radical (unpaired) electrons. The highest BCUT2D eigenvalue weighted by atomic mass is 32.2. The van der Waals surface area contributed by atoms with Gasteiger partial charge in [0.2, 0.25) is 0 Å². The standard InChI is InChI=1S/C14H23N3O2S/c1-4-5-12-8-11(9-13(15)17-12)14(18)16-10(2)6-7-20(3)19/h8-10H,4-7H2,1-3H3,(H2,15,17)(H,16,18). The number of nitrogens with zero attached hydrogens (tertiary/aromatic N) is 1. The van der Waals surface area contributed by atoms with E-state index in [9.17, 15) is 9.00 Å². The van der Waals surface area contributed by atoms with Crippen LogP contribution in [0.25, 0.3) is 0 Å². The third-order valence-electron chi connectivity index (χ3n) is 2.88. The molecule has 0 fully saturated rings. The van der Waals surface area contributed by atoms with Crippen molar-refractivity contribution >= 4 is 22.5 Å². The molecule has 1 heterocycles. The number of aryl methyl sites for hydroxylation is 1. The van der Waals surface area contributed by atoms with Crippen LogP contribution in [0.4, 0.5) is 5.82 Å². The summed E-state index contributed by atoms with van der Waals surface area (Å²) in [5.41, 5.74) is 7.09. The number of carbonyl (C=O) groups excluding carboxylic acids is 1. The van der Waals surface area contributed by atoms with Gasteiger partial charge >= 0.3 is 0 Å². The monoisotopic (exact) mass is 297 g/mol. The number of hydrogen-bond acceptors (Lipinski definition) is 4. The number of amides is 1. The van der Waals surface area contributed by atoms with Gasteiger partial charge in [-0.25, -0.2) is 4.98 Å². The van der Waals surface area contributed by atoms with Gasteiger partial charge in [0.05, 0.1) is 0 Å². The van der Waals surface area contributed by atoms with Gasteiger partial charge in [0.15, 0.2) is 0 Å². The maximum absolute atomic E-state index is 12.1. The van der Waals surface area contributed by atoms with Crippen molar-refractivity contribution in [2.75, 3.05) is 17.7 Å². The lowest BCUT2D eigenvalue weighted by atomic mass is 10.1. The Morgan fingerprint density at radius 1 is 1.50 bits per heavy atom. The lowest BCUT2D eigenvalue weighted by Gasteiger charge is -2.14. The van der Waals surface area contributed by atoms with Crippen molar-refractivity contribution in [2.45, 2.75) is 39.2 Å². The first kappa shape index (κ1) is 16.6. The number of carbonyl (C=O) groups is 1. The molecule has 6 heteroatoms. The highest BCUT2D eigenvalue weighted by Crippen LogP contribution is 2.10. The minimum absolute atomic E-state index is 0.0181. The molecule has 0 bridgehead atoms. The van der Waals surface area contributed by atoms with Gasteiger partial charge in [-0.3, -0.25) is 9.00 Å². The Hall–Kier alpha value is -1.43. The predicted octanol–water partition coefficient (Wildman–Crippen LogP) is 1.50. The first-order chi connectivity index (χ1) is 9.42. The van der Waals surface area contributed by atoms with E-state index in [4.69, 9.17) is 5.73 Å². The summed E-state index contributed by atoms with van der Waals surface area (Å²) in [6.07, 6.45) is 4.11. The summed E-state index contributed by atoms with van der Waals surface area (Å²) < 4.78 is 11.0. The normalized spacial score (nSPS) is 13.8. The van der Waals surface area contributed by atoms with Crippen LogP contribution in [0.1, 0.15) is 42.7 Å². The number of nitrogens with one attached hydrogen (secondary N) is 1. The second-order valence-corrected chi connectivity index (χ2v) is 6.52. The van der Waals surface area contributed by atoms with Crippen LogP contribution in [0.15, 0.2) is 12.1 Å². The summed E-state index contributed by atoms with van der Waals surface area (Å²) in [6, 6.07) is 3.34. The molecule has 0 saturated heterocycles. The Bertz CT molecular complexity index is 491. The van der Waals surface area contributed by atoms with Crippen molar-refractivity contribution in [3.05, 3.63) is 23.4 Å². The molecule has 0 saturated carbocycles. The lowest BCUT2D eigenvalue weighted by Crippen LogP contribution is -2.33. The van der Waals surface area contributed by atoms with Crippen LogP contribution in [0.3, 0.4) is 0 Å². The molecule has 0 aliphatic rings. The molecule has 5 nitrogen and oxygen atoms in total. The zero-order valence-electron chi connectivity index (χ0n) is 12.3. The van der Waals surface area contributed by atoms with Crippen molar-refractivity contribution in [2.24, 2.45) is 0 Å². The summed E-state index contributed by atoms with van der Waals surface area (Å²) in [5.74, 6) is 0.787. The molecule has 0 spiro atoms. The highest BCUT2D eigenvalue weighted by molar-refractivity contribution is 7.84. The van der Waals surface area contributed by atoms with Crippen molar-refractivity contribution < 1.29 is 9.00 Å². The zero-order valence-corrected chi connectivity index (χ0v) is 13.1. The van der Waals surface area contributed by atoms with E-state index in [1.54, 1.807) is 18.4 Å². The predicted molar refractivity (Wildman–Crippen MR) is 83.1 cm³/mol. The van der Waals surface area contributed by atoms with E-state index < -0.39 is 10.8 Å². The van der Waals surface area contributed by atoms with Crippen LogP contribution >= 0.6 is 0 Å². The van der Waals surface area contributed by atoms with E-state index in [1.165, 1.54) is 0 Å². The first-order valence-corrected chi connectivity index (χ1v) is 8.52. The fourth-order valence-corrected chi connectivity index (χ4v) is 2.53. The molecule has 0 aromatic carbocycles. The molecule has 3 N–H and O–H groups in total. The molecule has 0 aliphatic carbocycles. The zero-order chi connectivity index (χ0) is 15.1. The van der Waals surface area contributed by atoms with Crippen LogP contribution in [0.5, 0.6) is 0 Å². The summed E-state index contributed by atoms with van der Waals surface area (Å²) in [4.78, 5) is 16.3. The van der Waals surface area contributed by atoms with Crippen molar-refractivity contribution in [3.63, 3.8) is 0 Å². The minimum Gasteiger partial charge on any atom is -0.384 e. The Labute approximate surface area is 122 Å². The molecule has 2 unspecified atom stereocenters. The molecule has 20 heavy (non-hydrogen) atoms. The van der Waals surface area contributed by atoms with E-state index in [0.29, 0.717) is 23.6 Å². The smallest absolute Gasteiger partial charge is 0.251 e. The minimum atomic E-state index is -0.837. The summed E-state index contributed by atoms with van der Waals surface area (Å²) in [5, 5.41) is 2.89. The van der Waals surface area contributed by atoms with Gasteiger partial charge in [-0.2, -0.15) is 0 Å². The number of anilines is 1. The van der Waals surface area contributed by atoms with Crippen molar-refractivity contribution in [1.29, 1.82) is 0 Å². The van der Waals surface area contributed by atoms with Gasteiger partial charge in [-0.1, -0.05) is 13.3 Å². The molecule has 1 aromatic heterocycles. The number of rotatable bonds is 7. The molecule has 1 rings (SSSR count). The van der Waals surface area contributed by atoms with E-state index >= 15 is 0 Å². The Morgan fingerprint density at radius 2 is 2.20 bits per heavy atom. The molecule has 0 aliphatic heterocycles. The number of nitrogens with two attached hydrogens (primary N) is 1. The van der Waals surface area contributed by atoms with Gasteiger partial charge < -0.3 is 11.1 Å². The fourth-order valence-electron chi connectivity index (χ4n) is 1.85. The lowest BCUT2D eigenvalue weighted by molar-refractivity contribution is 0.0939. The Morgan fingerprint density at radius 3 is 2.80 bits per heavy atom. The molecule has 112 valence electrons. The van der Waals surface area contributed by atoms with Gasteiger partial charge in [0.1, 0.15) is 5.82 Å². The third kappa shape index (κ3) is 5.69. The van der Waals surface area contributed by atoms with Crippen LogP contribution in [-0.4, -0.2) is 33.2 Å². The Kier molecular flexibility index (Phi) is 6.64. The fraction of sp³-hybridized carbons (Fsp3) is 0.571. The molecule has 1 aromatic rings. The second kappa shape index (κ2) is 7.99. The quantitative estimate of drug-likeness (QED) is 0.798.